The van der Waals surface area contributed by atoms with Gasteiger partial charge in [0.2, 0.25) is 5.91 Å². The second-order valence-electron chi connectivity index (χ2n) is 6.88. The summed E-state index contributed by atoms with van der Waals surface area (Å²) in [4.78, 5) is 19.1. The van der Waals surface area contributed by atoms with Crippen molar-refractivity contribution in [1.82, 2.24) is 9.88 Å². The third-order valence-electron chi connectivity index (χ3n) is 4.93. The molecule has 0 unspecified atom stereocenters. The number of nitrogens with one attached hydrogen (secondary N) is 1. The minimum Gasteiger partial charge on any atom is -0.325 e. The normalized spacial score (nSPS) is 15.8. The molecule has 0 saturated heterocycles. The third kappa shape index (κ3) is 3.49. The lowest BCUT2D eigenvalue weighted by atomic mass is 9.64. The Morgan fingerprint density at radius 1 is 1.12 bits per heavy atom. The highest BCUT2D eigenvalue weighted by Crippen LogP contribution is 2.44. The molecule has 1 aromatic carbocycles. The summed E-state index contributed by atoms with van der Waals surface area (Å²) >= 11 is 0. The number of hydrogen-bond acceptors (Lipinski definition) is 3. The maximum atomic E-state index is 12.9. The first-order valence-electron chi connectivity index (χ1n) is 8.56. The standard InChI is InChI=1S/C20H25N3O/c1-23(2)15-10-16-4-6-18(7-5-16)22-19(24)20(11-3-12-20)17-8-13-21-14-9-17/h4-9,13-14H,3,10-12,15H2,1-2H3,(H,22,24). The van der Waals surface area contributed by atoms with Gasteiger partial charge in [0.05, 0.1) is 5.41 Å². The van der Waals surface area contributed by atoms with Crippen LogP contribution in [0, 0.1) is 0 Å². The van der Waals surface area contributed by atoms with E-state index in [0.29, 0.717) is 0 Å². The van der Waals surface area contributed by atoms with Crippen LogP contribution in [0.4, 0.5) is 5.69 Å². The summed E-state index contributed by atoms with van der Waals surface area (Å²) < 4.78 is 0. The highest BCUT2D eigenvalue weighted by Gasteiger charge is 2.45. The van der Waals surface area contributed by atoms with Crippen LogP contribution in [0.5, 0.6) is 0 Å². The Hall–Kier alpha value is -2.20. The van der Waals surface area contributed by atoms with Crippen molar-refractivity contribution in [3.8, 4) is 0 Å². The lowest BCUT2D eigenvalue weighted by Gasteiger charge is -2.40. The molecular weight excluding hydrogens is 298 g/mol. The first-order valence-corrected chi connectivity index (χ1v) is 8.56. The summed E-state index contributed by atoms with van der Waals surface area (Å²) in [6.07, 6.45) is 7.46. The molecule has 0 radical (unpaired) electrons. The van der Waals surface area contributed by atoms with E-state index in [2.05, 4.69) is 41.4 Å². The van der Waals surface area contributed by atoms with Crippen molar-refractivity contribution < 1.29 is 4.79 Å². The Bertz CT molecular complexity index is 676. The molecule has 1 N–H and O–H groups in total. The third-order valence-corrected chi connectivity index (χ3v) is 4.93. The lowest BCUT2D eigenvalue weighted by molar-refractivity contribution is -0.124. The minimum atomic E-state index is -0.382. The van der Waals surface area contributed by atoms with E-state index in [1.54, 1.807) is 12.4 Å². The second kappa shape index (κ2) is 7.14. The van der Waals surface area contributed by atoms with Crippen molar-refractivity contribution in [2.24, 2.45) is 0 Å². The lowest BCUT2D eigenvalue weighted by Crippen LogP contribution is -2.46. The molecule has 24 heavy (non-hydrogen) atoms. The van der Waals surface area contributed by atoms with Gasteiger partial charge in [-0.15, -0.1) is 0 Å². The van der Waals surface area contributed by atoms with Gasteiger partial charge in [-0.1, -0.05) is 18.6 Å². The number of likely N-dealkylation sites (N-methyl/N-ethyl adjacent to an activating group) is 1. The number of carbonyl (C=O) groups excluding carboxylic acids is 1. The van der Waals surface area contributed by atoms with Crippen molar-refractivity contribution in [2.75, 3.05) is 26.0 Å². The Morgan fingerprint density at radius 2 is 1.79 bits per heavy atom. The van der Waals surface area contributed by atoms with E-state index in [1.165, 1.54) is 5.56 Å². The number of anilines is 1. The fraction of sp³-hybridized carbons (Fsp3) is 0.400. The molecule has 1 fully saturated rings. The molecule has 1 aliphatic rings. The van der Waals surface area contributed by atoms with Crippen LogP contribution in [-0.4, -0.2) is 36.4 Å². The van der Waals surface area contributed by atoms with Crippen molar-refractivity contribution in [1.29, 1.82) is 0 Å². The summed E-state index contributed by atoms with van der Waals surface area (Å²) in [7, 11) is 4.15. The van der Waals surface area contributed by atoms with Gasteiger partial charge >= 0.3 is 0 Å². The highest BCUT2D eigenvalue weighted by atomic mass is 16.2. The van der Waals surface area contributed by atoms with E-state index < -0.39 is 0 Å². The van der Waals surface area contributed by atoms with E-state index in [4.69, 9.17) is 0 Å². The molecular formula is C20H25N3O. The van der Waals surface area contributed by atoms with Crippen LogP contribution in [0.3, 0.4) is 0 Å². The monoisotopic (exact) mass is 323 g/mol. The van der Waals surface area contributed by atoms with Crippen molar-refractivity contribution in [3.05, 3.63) is 59.9 Å². The second-order valence-corrected chi connectivity index (χ2v) is 6.88. The zero-order chi connectivity index (χ0) is 17.0. The van der Waals surface area contributed by atoms with Crippen LogP contribution in [0.2, 0.25) is 0 Å². The number of benzene rings is 1. The van der Waals surface area contributed by atoms with Gasteiger partial charge < -0.3 is 10.2 Å². The molecule has 0 bridgehead atoms. The van der Waals surface area contributed by atoms with Crippen LogP contribution in [-0.2, 0) is 16.6 Å². The van der Waals surface area contributed by atoms with Crippen molar-refractivity contribution >= 4 is 11.6 Å². The average Bonchev–Trinajstić information content (AvgIpc) is 2.54. The summed E-state index contributed by atoms with van der Waals surface area (Å²) in [6.45, 7) is 1.02. The van der Waals surface area contributed by atoms with Gasteiger partial charge in [0.15, 0.2) is 0 Å². The Labute approximate surface area is 143 Å². The predicted molar refractivity (Wildman–Crippen MR) is 97.1 cm³/mol. The van der Waals surface area contributed by atoms with Gasteiger partial charge in [-0.2, -0.15) is 0 Å². The molecule has 126 valence electrons. The largest absolute Gasteiger partial charge is 0.325 e. The van der Waals surface area contributed by atoms with Crippen molar-refractivity contribution in [2.45, 2.75) is 31.1 Å². The zero-order valence-corrected chi connectivity index (χ0v) is 14.5. The maximum Gasteiger partial charge on any atom is 0.235 e. The number of amides is 1. The summed E-state index contributed by atoms with van der Waals surface area (Å²) in [5, 5.41) is 3.11. The number of nitrogens with zero attached hydrogens (tertiary/aromatic N) is 2. The van der Waals surface area contributed by atoms with Crippen LogP contribution in [0.15, 0.2) is 48.8 Å². The van der Waals surface area contributed by atoms with Crippen LogP contribution >= 0.6 is 0 Å². The van der Waals surface area contributed by atoms with E-state index in [9.17, 15) is 4.79 Å². The molecule has 1 heterocycles. The van der Waals surface area contributed by atoms with E-state index in [1.807, 2.05) is 24.3 Å². The highest BCUT2D eigenvalue weighted by molar-refractivity contribution is 5.99. The number of pyridine rings is 1. The molecule has 0 aliphatic heterocycles. The number of aromatic nitrogens is 1. The molecule has 2 aromatic rings. The molecule has 1 amide bonds. The van der Waals surface area contributed by atoms with E-state index in [0.717, 1.165) is 43.5 Å². The van der Waals surface area contributed by atoms with Crippen LogP contribution < -0.4 is 5.32 Å². The molecule has 1 aliphatic carbocycles. The predicted octanol–water partition coefficient (Wildman–Crippen LogP) is 3.25. The van der Waals surface area contributed by atoms with Crippen LogP contribution in [0.1, 0.15) is 30.4 Å². The summed E-state index contributed by atoms with van der Waals surface area (Å²) in [5.41, 5.74) is 2.85. The van der Waals surface area contributed by atoms with Gasteiger partial charge in [0, 0.05) is 24.6 Å². The molecule has 4 nitrogen and oxygen atoms in total. The van der Waals surface area contributed by atoms with E-state index >= 15 is 0 Å². The van der Waals surface area contributed by atoms with Gasteiger partial charge in [0.25, 0.3) is 0 Å². The smallest absolute Gasteiger partial charge is 0.235 e. The number of carbonyl (C=O) groups is 1. The first-order chi connectivity index (χ1) is 11.6. The maximum absolute atomic E-state index is 12.9. The Morgan fingerprint density at radius 3 is 2.33 bits per heavy atom. The SMILES string of the molecule is CN(C)CCc1ccc(NC(=O)C2(c3ccncc3)CCC2)cc1. The molecule has 1 saturated carbocycles. The fourth-order valence-electron chi connectivity index (χ4n) is 3.21. The van der Waals surface area contributed by atoms with E-state index in [-0.39, 0.29) is 11.3 Å². The number of hydrogen-bond donors (Lipinski definition) is 1. The Balaban J connectivity index is 1.68. The summed E-state index contributed by atoms with van der Waals surface area (Å²) in [6, 6.07) is 12.1. The van der Waals surface area contributed by atoms with Gasteiger partial charge in [0.1, 0.15) is 0 Å². The average molecular weight is 323 g/mol. The molecule has 0 spiro atoms. The summed E-state index contributed by atoms with van der Waals surface area (Å²) in [5.74, 6) is 0.0981. The minimum absolute atomic E-state index is 0.0981. The topological polar surface area (TPSA) is 45.2 Å². The van der Waals surface area contributed by atoms with Crippen molar-refractivity contribution in [3.63, 3.8) is 0 Å². The molecule has 0 atom stereocenters. The Kier molecular flexibility index (Phi) is 4.95. The molecule has 3 rings (SSSR count). The zero-order valence-electron chi connectivity index (χ0n) is 14.5. The number of rotatable bonds is 6. The first kappa shape index (κ1) is 16.7. The fourth-order valence-corrected chi connectivity index (χ4v) is 3.21. The molecule has 1 aromatic heterocycles. The van der Waals surface area contributed by atoms with Gasteiger partial charge in [-0.05, 0) is 68.8 Å². The van der Waals surface area contributed by atoms with Gasteiger partial charge in [-0.3, -0.25) is 9.78 Å². The van der Waals surface area contributed by atoms with Crippen LogP contribution in [0.25, 0.3) is 0 Å². The van der Waals surface area contributed by atoms with Gasteiger partial charge in [-0.25, -0.2) is 0 Å². The molecule has 4 heteroatoms. The quantitative estimate of drug-likeness (QED) is 0.887.